The zero-order valence-electron chi connectivity index (χ0n) is 11.1. The van der Waals surface area contributed by atoms with E-state index in [2.05, 4.69) is 6.92 Å². The maximum atomic E-state index is 11.6. The van der Waals surface area contributed by atoms with Gasteiger partial charge < -0.3 is 10.5 Å². The molecule has 0 aromatic carbocycles. The van der Waals surface area contributed by atoms with Crippen LogP contribution >= 0.6 is 0 Å². The van der Waals surface area contributed by atoms with Gasteiger partial charge in [-0.2, -0.15) is 0 Å². The number of carbonyl (C=O) groups is 1. The van der Waals surface area contributed by atoms with E-state index in [1.54, 1.807) is 0 Å². The molecular weight excluding hydrogens is 214 g/mol. The van der Waals surface area contributed by atoms with Crippen LogP contribution in [0.25, 0.3) is 0 Å². The van der Waals surface area contributed by atoms with Crippen molar-refractivity contribution in [1.29, 1.82) is 0 Å². The van der Waals surface area contributed by atoms with Crippen molar-refractivity contribution in [2.24, 2.45) is 17.1 Å². The number of nitrogens with two attached hydrogens (primary N) is 1. The van der Waals surface area contributed by atoms with Crippen molar-refractivity contribution in [3.63, 3.8) is 0 Å². The summed E-state index contributed by atoms with van der Waals surface area (Å²) in [4.78, 5) is 11.6. The summed E-state index contributed by atoms with van der Waals surface area (Å²) in [6, 6.07) is 0. The molecule has 0 unspecified atom stereocenters. The molecule has 17 heavy (non-hydrogen) atoms. The fourth-order valence-corrected chi connectivity index (χ4v) is 3.67. The van der Waals surface area contributed by atoms with Gasteiger partial charge in [0, 0.05) is 12.0 Å². The smallest absolute Gasteiger partial charge is 0.306 e. The molecule has 2 bridgehead atoms. The van der Waals surface area contributed by atoms with Gasteiger partial charge in [0.05, 0.1) is 6.61 Å². The quantitative estimate of drug-likeness (QED) is 0.767. The minimum absolute atomic E-state index is 0.0375. The first-order chi connectivity index (χ1) is 8.00. The average Bonchev–Trinajstić information content (AvgIpc) is 2.30. The third kappa shape index (κ3) is 2.49. The van der Waals surface area contributed by atoms with Gasteiger partial charge in [-0.15, -0.1) is 0 Å². The van der Waals surface area contributed by atoms with E-state index in [4.69, 9.17) is 10.5 Å². The second-order valence-corrected chi connectivity index (χ2v) is 6.13. The van der Waals surface area contributed by atoms with Crippen molar-refractivity contribution in [3.05, 3.63) is 0 Å². The molecule has 2 N–H and O–H groups in total. The average molecular weight is 239 g/mol. The fraction of sp³-hybridized carbons (Fsp3) is 0.929. The Bertz CT molecular complexity index is 276. The predicted octanol–water partition coefficient (Wildman–Crippen LogP) is 2.63. The van der Waals surface area contributed by atoms with Crippen molar-refractivity contribution >= 4 is 5.97 Å². The Morgan fingerprint density at radius 3 is 2.24 bits per heavy atom. The van der Waals surface area contributed by atoms with E-state index in [1.807, 2.05) is 6.92 Å². The number of hydrogen-bond donors (Lipinski definition) is 1. The van der Waals surface area contributed by atoms with Gasteiger partial charge in [-0.3, -0.25) is 4.79 Å². The van der Waals surface area contributed by atoms with Crippen LogP contribution < -0.4 is 5.73 Å². The summed E-state index contributed by atoms with van der Waals surface area (Å²) in [5.74, 6) is 0.399. The molecule has 3 nitrogen and oxygen atoms in total. The van der Waals surface area contributed by atoms with E-state index < -0.39 is 0 Å². The third-order valence-electron chi connectivity index (χ3n) is 5.19. The molecule has 3 rings (SSSR count). The maximum absolute atomic E-state index is 11.6. The van der Waals surface area contributed by atoms with E-state index in [0.717, 1.165) is 19.3 Å². The number of esters is 1. The summed E-state index contributed by atoms with van der Waals surface area (Å²) < 4.78 is 5.06. The van der Waals surface area contributed by atoms with Crippen LogP contribution in [-0.2, 0) is 9.53 Å². The minimum Gasteiger partial charge on any atom is -0.466 e. The van der Waals surface area contributed by atoms with Crippen molar-refractivity contribution in [3.8, 4) is 0 Å². The molecule has 3 heteroatoms. The lowest BCUT2D eigenvalue weighted by atomic mass is 9.53. The molecule has 3 aliphatic carbocycles. The molecule has 3 fully saturated rings. The summed E-state index contributed by atoms with van der Waals surface area (Å²) in [5, 5.41) is 0. The minimum atomic E-state index is -0.0375. The number of rotatable bonds is 4. The number of carbonyl (C=O) groups excluding carboxylic acids is 1. The third-order valence-corrected chi connectivity index (χ3v) is 5.19. The second-order valence-electron chi connectivity index (χ2n) is 6.13. The first-order valence-corrected chi connectivity index (χ1v) is 6.94. The first kappa shape index (κ1) is 12.9. The van der Waals surface area contributed by atoms with Gasteiger partial charge in [0.2, 0.25) is 0 Å². The van der Waals surface area contributed by atoms with E-state index in [-0.39, 0.29) is 11.5 Å². The topological polar surface area (TPSA) is 52.3 Å². The van der Waals surface area contributed by atoms with Crippen LogP contribution in [-0.4, -0.2) is 18.1 Å². The number of ether oxygens (including phenoxy) is 1. The number of fused-ring (bicyclic) bond motifs is 3. The zero-order valence-corrected chi connectivity index (χ0v) is 11.1. The molecule has 3 saturated carbocycles. The fourth-order valence-electron chi connectivity index (χ4n) is 3.67. The highest BCUT2D eigenvalue weighted by molar-refractivity contribution is 5.69. The van der Waals surface area contributed by atoms with Gasteiger partial charge in [0.1, 0.15) is 0 Å². The molecule has 0 amide bonds. The van der Waals surface area contributed by atoms with Gasteiger partial charge in [0.15, 0.2) is 0 Å². The molecule has 0 aliphatic heterocycles. The lowest BCUT2D eigenvalue weighted by molar-refractivity contribution is -0.146. The first-order valence-electron chi connectivity index (χ1n) is 6.94. The van der Waals surface area contributed by atoms with Crippen LogP contribution in [0.2, 0.25) is 0 Å². The van der Waals surface area contributed by atoms with Crippen LogP contribution in [0.4, 0.5) is 0 Å². The standard InChI is InChI=1S/C14H25NO2/c1-3-17-12(16)10-11(2)13-4-7-14(15,8-5-13)9-6-13/h11H,3-10,15H2,1-2H3/t11-,13?,14?/m0/s1. The Labute approximate surface area is 104 Å². The molecule has 0 aromatic heterocycles. The molecule has 0 radical (unpaired) electrons. The Morgan fingerprint density at radius 2 is 1.76 bits per heavy atom. The van der Waals surface area contributed by atoms with E-state index >= 15 is 0 Å². The Morgan fingerprint density at radius 1 is 1.24 bits per heavy atom. The molecule has 0 saturated heterocycles. The Balaban J connectivity index is 1.95. The largest absolute Gasteiger partial charge is 0.466 e. The number of hydrogen-bond acceptors (Lipinski definition) is 3. The van der Waals surface area contributed by atoms with E-state index in [1.165, 1.54) is 19.3 Å². The molecule has 0 aromatic rings. The van der Waals surface area contributed by atoms with Gasteiger partial charge in [0.25, 0.3) is 0 Å². The highest BCUT2D eigenvalue weighted by atomic mass is 16.5. The van der Waals surface area contributed by atoms with Crippen molar-refractivity contribution < 1.29 is 9.53 Å². The highest BCUT2D eigenvalue weighted by Gasteiger charge is 2.49. The maximum Gasteiger partial charge on any atom is 0.306 e. The van der Waals surface area contributed by atoms with Crippen molar-refractivity contribution in [2.75, 3.05) is 6.61 Å². The SMILES string of the molecule is CCOC(=O)C[C@H](C)C12CCC(N)(CC1)CC2. The lowest BCUT2D eigenvalue weighted by Crippen LogP contribution is -2.53. The van der Waals surface area contributed by atoms with Crippen molar-refractivity contribution in [2.45, 2.75) is 64.3 Å². The highest BCUT2D eigenvalue weighted by Crippen LogP contribution is 2.55. The van der Waals surface area contributed by atoms with Gasteiger partial charge in [-0.25, -0.2) is 0 Å². The van der Waals surface area contributed by atoms with Crippen LogP contribution in [0.1, 0.15) is 58.8 Å². The lowest BCUT2D eigenvalue weighted by Gasteiger charge is -2.54. The summed E-state index contributed by atoms with van der Waals surface area (Å²) in [7, 11) is 0. The Kier molecular flexibility index (Phi) is 3.48. The normalized spacial score (nSPS) is 37.8. The summed E-state index contributed by atoms with van der Waals surface area (Å²) >= 11 is 0. The summed E-state index contributed by atoms with van der Waals surface area (Å²) in [6.07, 6.45) is 7.59. The zero-order chi connectivity index (χ0) is 12.5. The van der Waals surface area contributed by atoms with Crippen LogP contribution in [0.5, 0.6) is 0 Å². The Hall–Kier alpha value is -0.570. The molecule has 98 valence electrons. The molecule has 3 aliphatic rings. The van der Waals surface area contributed by atoms with Crippen LogP contribution in [0.15, 0.2) is 0 Å². The van der Waals surface area contributed by atoms with Gasteiger partial charge in [-0.05, 0) is 56.8 Å². The van der Waals surface area contributed by atoms with Gasteiger partial charge in [-0.1, -0.05) is 6.92 Å². The molecule has 0 heterocycles. The van der Waals surface area contributed by atoms with E-state index in [9.17, 15) is 4.79 Å². The second kappa shape index (κ2) is 4.60. The monoisotopic (exact) mass is 239 g/mol. The van der Waals surface area contributed by atoms with Gasteiger partial charge >= 0.3 is 5.97 Å². The molecule has 0 spiro atoms. The summed E-state index contributed by atoms with van der Waals surface area (Å²) in [5.41, 5.74) is 6.80. The summed E-state index contributed by atoms with van der Waals surface area (Å²) in [6.45, 7) is 4.57. The van der Waals surface area contributed by atoms with Crippen LogP contribution in [0.3, 0.4) is 0 Å². The van der Waals surface area contributed by atoms with Crippen molar-refractivity contribution in [1.82, 2.24) is 0 Å². The van der Waals surface area contributed by atoms with E-state index in [0.29, 0.717) is 24.4 Å². The molecule has 1 atom stereocenters. The predicted molar refractivity (Wildman–Crippen MR) is 67.5 cm³/mol. The van der Waals surface area contributed by atoms with Crippen LogP contribution in [0, 0.1) is 11.3 Å². The molecular formula is C14H25NO2.